The lowest BCUT2D eigenvalue weighted by Gasteiger charge is -2.32. The van der Waals surface area contributed by atoms with E-state index in [1.165, 1.54) is 36.2 Å². The van der Waals surface area contributed by atoms with Crippen molar-refractivity contribution >= 4 is 5.91 Å². The van der Waals surface area contributed by atoms with Gasteiger partial charge in [-0.3, -0.25) is 9.89 Å². The number of hydrogen-bond donors (Lipinski definition) is 2. The van der Waals surface area contributed by atoms with Crippen molar-refractivity contribution in [1.29, 1.82) is 0 Å². The number of fused-ring (bicyclic) bond motifs is 1. The molecule has 4 rings (SSSR count). The summed E-state index contributed by atoms with van der Waals surface area (Å²) in [5.74, 6) is 0.845. The number of morpholine rings is 1. The normalized spacial score (nSPS) is 25.6. The number of amides is 1. The van der Waals surface area contributed by atoms with E-state index in [4.69, 9.17) is 4.74 Å². The highest BCUT2D eigenvalue weighted by atomic mass is 16.5. The summed E-state index contributed by atoms with van der Waals surface area (Å²) in [5.41, 5.74) is 3.75. The van der Waals surface area contributed by atoms with Crippen molar-refractivity contribution in [2.45, 2.75) is 50.6 Å². The van der Waals surface area contributed by atoms with E-state index >= 15 is 0 Å². The van der Waals surface area contributed by atoms with Crippen LogP contribution in [0.5, 0.6) is 0 Å². The number of H-pyrrole nitrogens is 1. The number of rotatable bonds is 3. The summed E-state index contributed by atoms with van der Waals surface area (Å²) in [6, 6.07) is 0.165. The highest BCUT2D eigenvalue weighted by Gasteiger charge is 2.31. The molecule has 1 saturated carbocycles. The van der Waals surface area contributed by atoms with Crippen molar-refractivity contribution in [2.24, 2.45) is 0 Å². The predicted octanol–water partition coefficient (Wildman–Crippen LogP) is 0.940. The zero-order chi connectivity index (χ0) is 14.9. The van der Waals surface area contributed by atoms with E-state index < -0.39 is 0 Å². The van der Waals surface area contributed by atoms with Crippen LogP contribution in [0, 0.1) is 0 Å². The van der Waals surface area contributed by atoms with Crippen molar-refractivity contribution in [3.63, 3.8) is 0 Å². The summed E-state index contributed by atoms with van der Waals surface area (Å²) in [6.45, 7) is 3.76. The van der Waals surface area contributed by atoms with Gasteiger partial charge in [0.2, 0.25) is 5.91 Å². The molecule has 0 aromatic carbocycles. The first-order valence-electron chi connectivity index (χ1n) is 8.46. The third-order valence-corrected chi connectivity index (χ3v) is 5.23. The third kappa shape index (κ3) is 2.65. The summed E-state index contributed by atoms with van der Waals surface area (Å²) in [5, 5.41) is 11.1. The summed E-state index contributed by atoms with van der Waals surface area (Å²) < 4.78 is 5.44. The van der Waals surface area contributed by atoms with Gasteiger partial charge in [-0.2, -0.15) is 5.10 Å². The van der Waals surface area contributed by atoms with Gasteiger partial charge in [-0.15, -0.1) is 0 Å². The first-order valence-corrected chi connectivity index (χ1v) is 8.46. The molecule has 2 aliphatic heterocycles. The molecule has 2 fully saturated rings. The molecule has 0 bridgehead atoms. The highest BCUT2D eigenvalue weighted by Crippen LogP contribution is 2.38. The number of nitrogens with zero attached hydrogens (tertiary/aromatic N) is 2. The number of hydrogen-bond acceptors (Lipinski definition) is 4. The Morgan fingerprint density at radius 1 is 1.41 bits per heavy atom. The molecule has 0 spiro atoms. The molecule has 2 N–H and O–H groups in total. The summed E-state index contributed by atoms with van der Waals surface area (Å²) in [4.78, 5) is 14.6. The standard InChI is InChI=1S/C16H24N4O2/c21-15(8-12-10-22-7-5-17-12)20-6-4-14-13(9-20)16(19-18-14)11-2-1-3-11/h11-12,17H,1-10H2,(H,18,19)/t12-/m1/s1. The van der Waals surface area contributed by atoms with Crippen LogP contribution in [0.1, 0.15) is 48.6 Å². The van der Waals surface area contributed by atoms with E-state index in [1.54, 1.807) is 0 Å². The first-order chi connectivity index (χ1) is 10.8. The van der Waals surface area contributed by atoms with Gasteiger partial charge < -0.3 is 15.0 Å². The Kier molecular flexibility index (Phi) is 3.88. The lowest BCUT2D eigenvalue weighted by atomic mass is 9.81. The fraction of sp³-hybridized carbons (Fsp3) is 0.750. The van der Waals surface area contributed by atoms with Crippen LogP contribution in [0.2, 0.25) is 0 Å². The Morgan fingerprint density at radius 2 is 2.32 bits per heavy atom. The van der Waals surface area contributed by atoms with Crippen molar-refractivity contribution in [1.82, 2.24) is 20.4 Å². The zero-order valence-electron chi connectivity index (χ0n) is 12.9. The molecule has 1 aliphatic carbocycles. The van der Waals surface area contributed by atoms with Crippen molar-refractivity contribution < 1.29 is 9.53 Å². The molecule has 1 atom stereocenters. The Balaban J connectivity index is 1.42. The van der Waals surface area contributed by atoms with Crippen LogP contribution in [-0.4, -0.2) is 53.3 Å². The van der Waals surface area contributed by atoms with Gasteiger partial charge in [0.25, 0.3) is 0 Å². The van der Waals surface area contributed by atoms with Gasteiger partial charge in [0.05, 0.1) is 18.9 Å². The maximum absolute atomic E-state index is 12.6. The molecular weight excluding hydrogens is 280 g/mol. The van der Waals surface area contributed by atoms with Crippen molar-refractivity contribution in [3.8, 4) is 0 Å². The van der Waals surface area contributed by atoms with E-state index in [1.807, 2.05) is 4.90 Å². The average molecular weight is 304 g/mol. The second kappa shape index (κ2) is 6.01. The average Bonchev–Trinajstić information content (AvgIpc) is 2.90. The molecule has 6 heteroatoms. The quantitative estimate of drug-likeness (QED) is 0.872. The van der Waals surface area contributed by atoms with E-state index in [0.29, 0.717) is 18.9 Å². The van der Waals surface area contributed by atoms with Crippen LogP contribution in [-0.2, 0) is 22.5 Å². The number of nitrogens with one attached hydrogen (secondary N) is 2. The summed E-state index contributed by atoms with van der Waals surface area (Å²) in [7, 11) is 0. The van der Waals surface area contributed by atoms with Crippen LogP contribution in [0.15, 0.2) is 0 Å². The van der Waals surface area contributed by atoms with E-state index in [-0.39, 0.29) is 11.9 Å². The molecule has 120 valence electrons. The fourth-order valence-corrected chi connectivity index (χ4v) is 3.64. The monoisotopic (exact) mass is 304 g/mol. The number of carbonyl (C=O) groups excluding carboxylic acids is 1. The van der Waals surface area contributed by atoms with E-state index in [0.717, 1.165) is 32.7 Å². The Morgan fingerprint density at radius 3 is 3.05 bits per heavy atom. The van der Waals surface area contributed by atoms with Crippen LogP contribution in [0.25, 0.3) is 0 Å². The van der Waals surface area contributed by atoms with E-state index in [9.17, 15) is 4.79 Å². The zero-order valence-corrected chi connectivity index (χ0v) is 12.9. The SMILES string of the molecule is O=C(C[C@@H]1COCCN1)N1CCc2[nH]nc(C3CCC3)c2C1. The van der Waals surface area contributed by atoms with Gasteiger partial charge >= 0.3 is 0 Å². The van der Waals surface area contributed by atoms with E-state index in [2.05, 4.69) is 15.5 Å². The van der Waals surface area contributed by atoms with Crippen LogP contribution in [0.4, 0.5) is 0 Å². The molecule has 3 heterocycles. The molecular formula is C16H24N4O2. The lowest BCUT2D eigenvalue weighted by molar-refractivity contribution is -0.133. The van der Waals surface area contributed by atoms with Gasteiger partial charge in [-0.1, -0.05) is 6.42 Å². The molecule has 0 radical (unpaired) electrons. The van der Waals surface area contributed by atoms with Crippen molar-refractivity contribution in [2.75, 3.05) is 26.3 Å². The topological polar surface area (TPSA) is 70.2 Å². The smallest absolute Gasteiger partial charge is 0.224 e. The second-order valence-corrected chi connectivity index (χ2v) is 6.69. The second-order valence-electron chi connectivity index (χ2n) is 6.69. The third-order valence-electron chi connectivity index (χ3n) is 5.23. The molecule has 1 aromatic rings. The number of ether oxygens (including phenoxy) is 1. The van der Waals surface area contributed by atoms with Crippen LogP contribution < -0.4 is 5.32 Å². The van der Waals surface area contributed by atoms with Crippen LogP contribution >= 0.6 is 0 Å². The minimum atomic E-state index is 0.165. The molecule has 0 unspecified atom stereocenters. The van der Waals surface area contributed by atoms with Gasteiger partial charge in [0.15, 0.2) is 0 Å². The van der Waals surface area contributed by atoms with Gasteiger partial charge in [-0.25, -0.2) is 0 Å². The minimum Gasteiger partial charge on any atom is -0.378 e. The fourth-order valence-electron chi connectivity index (χ4n) is 3.64. The predicted molar refractivity (Wildman–Crippen MR) is 81.5 cm³/mol. The Labute approximate surface area is 130 Å². The number of carbonyl (C=O) groups is 1. The number of aromatic nitrogens is 2. The molecule has 1 saturated heterocycles. The lowest BCUT2D eigenvalue weighted by Crippen LogP contribution is -2.46. The van der Waals surface area contributed by atoms with Crippen molar-refractivity contribution in [3.05, 3.63) is 17.0 Å². The number of aromatic amines is 1. The molecule has 6 nitrogen and oxygen atoms in total. The minimum absolute atomic E-state index is 0.165. The molecule has 1 amide bonds. The summed E-state index contributed by atoms with van der Waals surface area (Å²) >= 11 is 0. The first kappa shape index (κ1) is 14.2. The molecule has 1 aromatic heterocycles. The highest BCUT2D eigenvalue weighted by molar-refractivity contribution is 5.77. The largest absolute Gasteiger partial charge is 0.378 e. The molecule has 22 heavy (non-hydrogen) atoms. The maximum Gasteiger partial charge on any atom is 0.224 e. The van der Waals surface area contributed by atoms with Gasteiger partial charge in [0.1, 0.15) is 0 Å². The molecule has 3 aliphatic rings. The Hall–Kier alpha value is -1.40. The maximum atomic E-state index is 12.6. The Bertz CT molecular complexity index is 546. The van der Waals surface area contributed by atoms with Crippen LogP contribution in [0.3, 0.4) is 0 Å². The van der Waals surface area contributed by atoms with Gasteiger partial charge in [0, 0.05) is 55.7 Å². The van der Waals surface area contributed by atoms with Gasteiger partial charge in [-0.05, 0) is 12.8 Å². The summed E-state index contributed by atoms with van der Waals surface area (Å²) in [6.07, 6.45) is 5.23.